The molecule has 3 heteroatoms. The van der Waals surface area contributed by atoms with Crippen molar-refractivity contribution in [2.45, 2.75) is 58.7 Å². The average Bonchev–Trinajstić information content (AvgIpc) is 2.56. The Morgan fingerprint density at radius 3 is 2.50 bits per heavy atom. The molecule has 0 radical (unpaired) electrons. The molecule has 18 heavy (non-hydrogen) atoms. The number of rotatable bonds is 2. The highest BCUT2D eigenvalue weighted by molar-refractivity contribution is 5.79. The van der Waals surface area contributed by atoms with Crippen LogP contribution in [0.5, 0.6) is 0 Å². The molecule has 0 bridgehead atoms. The molecule has 2 aliphatic carbocycles. The third-order valence-corrected chi connectivity index (χ3v) is 5.39. The third kappa shape index (κ3) is 2.12. The predicted octanol–water partition coefficient (Wildman–Crippen LogP) is 2.01. The van der Waals surface area contributed by atoms with E-state index in [0.717, 1.165) is 12.8 Å². The van der Waals surface area contributed by atoms with Gasteiger partial charge in [0.15, 0.2) is 0 Å². The SMILES string of the molecule is CC(=O)[C@@H]1[C@H]2[C@@H](C[C@@H]1O)[C@](C)(O)CC[C@H]2C(C)C. The minimum Gasteiger partial charge on any atom is -0.392 e. The molecule has 0 unspecified atom stereocenters. The van der Waals surface area contributed by atoms with Gasteiger partial charge in [-0.15, -0.1) is 0 Å². The summed E-state index contributed by atoms with van der Waals surface area (Å²) in [5, 5.41) is 20.7. The van der Waals surface area contributed by atoms with Crippen LogP contribution < -0.4 is 0 Å². The van der Waals surface area contributed by atoms with Gasteiger partial charge in [0.1, 0.15) is 5.78 Å². The van der Waals surface area contributed by atoms with Crippen molar-refractivity contribution >= 4 is 5.78 Å². The molecule has 0 spiro atoms. The summed E-state index contributed by atoms with van der Waals surface area (Å²) in [6.07, 6.45) is 1.75. The number of aliphatic hydroxyl groups is 2. The molecular formula is C15H26O3. The maximum absolute atomic E-state index is 11.8. The van der Waals surface area contributed by atoms with Crippen molar-refractivity contribution in [1.82, 2.24) is 0 Å². The molecular weight excluding hydrogens is 228 g/mol. The second-order valence-electron chi connectivity index (χ2n) is 6.93. The van der Waals surface area contributed by atoms with Gasteiger partial charge in [-0.05, 0) is 56.8 Å². The zero-order valence-corrected chi connectivity index (χ0v) is 11.9. The maximum Gasteiger partial charge on any atom is 0.135 e. The third-order valence-electron chi connectivity index (χ3n) is 5.39. The number of aliphatic hydroxyl groups excluding tert-OH is 1. The van der Waals surface area contributed by atoms with Gasteiger partial charge in [0, 0.05) is 5.92 Å². The standard InChI is InChI=1S/C15H26O3/c1-8(2)10-5-6-15(4,18)11-7-12(17)13(9(3)16)14(10)11/h8,10-14,17-18H,5-7H2,1-4H3/t10-,11+,12-,13-,14+,15+/m0/s1. The van der Waals surface area contributed by atoms with E-state index in [9.17, 15) is 15.0 Å². The van der Waals surface area contributed by atoms with Crippen molar-refractivity contribution in [3.05, 3.63) is 0 Å². The zero-order chi connectivity index (χ0) is 13.7. The Morgan fingerprint density at radius 2 is 2.00 bits per heavy atom. The first-order valence-corrected chi connectivity index (χ1v) is 7.16. The minimum absolute atomic E-state index is 0.0718. The van der Waals surface area contributed by atoms with Crippen molar-refractivity contribution in [2.75, 3.05) is 0 Å². The van der Waals surface area contributed by atoms with Crippen molar-refractivity contribution in [1.29, 1.82) is 0 Å². The quantitative estimate of drug-likeness (QED) is 0.792. The lowest BCUT2D eigenvalue weighted by molar-refractivity contribution is -0.129. The monoisotopic (exact) mass is 254 g/mol. The second kappa shape index (κ2) is 4.61. The summed E-state index contributed by atoms with van der Waals surface area (Å²) in [6, 6.07) is 0. The van der Waals surface area contributed by atoms with Crippen molar-refractivity contribution in [3.8, 4) is 0 Å². The Labute approximate surface area is 110 Å². The van der Waals surface area contributed by atoms with E-state index >= 15 is 0 Å². The summed E-state index contributed by atoms with van der Waals surface area (Å²) in [7, 11) is 0. The van der Waals surface area contributed by atoms with Gasteiger partial charge < -0.3 is 10.2 Å². The van der Waals surface area contributed by atoms with E-state index in [1.165, 1.54) is 0 Å². The summed E-state index contributed by atoms with van der Waals surface area (Å²) < 4.78 is 0. The number of hydrogen-bond acceptors (Lipinski definition) is 3. The van der Waals surface area contributed by atoms with Gasteiger partial charge in [0.2, 0.25) is 0 Å². The number of hydrogen-bond donors (Lipinski definition) is 2. The number of ketones is 1. The fourth-order valence-electron chi connectivity index (χ4n) is 4.46. The Balaban J connectivity index is 2.35. The normalized spacial score (nSPS) is 48.3. The van der Waals surface area contributed by atoms with E-state index < -0.39 is 11.7 Å². The zero-order valence-electron chi connectivity index (χ0n) is 11.9. The smallest absolute Gasteiger partial charge is 0.135 e. The van der Waals surface area contributed by atoms with E-state index in [2.05, 4.69) is 13.8 Å². The topological polar surface area (TPSA) is 57.5 Å². The van der Waals surface area contributed by atoms with Crippen LogP contribution in [0.2, 0.25) is 0 Å². The van der Waals surface area contributed by atoms with Gasteiger partial charge >= 0.3 is 0 Å². The lowest BCUT2D eigenvalue weighted by Gasteiger charge is -2.46. The van der Waals surface area contributed by atoms with Gasteiger partial charge in [-0.2, -0.15) is 0 Å². The number of carbonyl (C=O) groups excluding carboxylic acids is 1. The Bertz CT molecular complexity index is 335. The molecule has 0 heterocycles. The highest BCUT2D eigenvalue weighted by atomic mass is 16.3. The molecule has 0 amide bonds. The molecule has 2 fully saturated rings. The molecule has 104 valence electrons. The number of carbonyl (C=O) groups is 1. The Hall–Kier alpha value is -0.410. The number of Topliss-reactive ketones (excluding diaryl/α,β-unsaturated/α-hetero) is 1. The van der Waals surface area contributed by atoms with E-state index in [0.29, 0.717) is 18.3 Å². The van der Waals surface area contributed by atoms with E-state index in [-0.39, 0.29) is 23.5 Å². The molecule has 2 saturated carbocycles. The minimum atomic E-state index is -0.721. The number of fused-ring (bicyclic) bond motifs is 1. The fourth-order valence-corrected chi connectivity index (χ4v) is 4.46. The van der Waals surface area contributed by atoms with Gasteiger partial charge in [0.25, 0.3) is 0 Å². The van der Waals surface area contributed by atoms with Gasteiger partial charge in [-0.3, -0.25) is 4.79 Å². The Morgan fingerprint density at radius 1 is 1.39 bits per heavy atom. The summed E-state index contributed by atoms with van der Waals surface area (Å²) in [5.41, 5.74) is -0.721. The molecule has 0 aromatic rings. The van der Waals surface area contributed by atoms with E-state index in [1.807, 2.05) is 6.92 Å². The second-order valence-corrected chi connectivity index (χ2v) is 6.93. The summed E-state index contributed by atoms with van der Waals surface area (Å²) in [5.74, 6) is 0.985. The van der Waals surface area contributed by atoms with Crippen LogP contribution in [0.25, 0.3) is 0 Å². The average molecular weight is 254 g/mol. The molecule has 2 N–H and O–H groups in total. The van der Waals surface area contributed by atoms with Gasteiger partial charge in [-0.25, -0.2) is 0 Å². The first-order chi connectivity index (χ1) is 8.25. The maximum atomic E-state index is 11.8. The molecule has 0 saturated heterocycles. The highest BCUT2D eigenvalue weighted by Gasteiger charge is 2.56. The van der Waals surface area contributed by atoms with Crippen LogP contribution in [-0.2, 0) is 4.79 Å². The van der Waals surface area contributed by atoms with Gasteiger partial charge in [0.05, 0.1) is 11.7 Å². The summed E-state index contributed by atoms with van der Waals surface area (Å²) in [6.45, 7) is 7.82. The molecule has 6 atom stereocenters. The Kier molecular flexibility index (Phi) is 3.58. The molecule has 2 aliphatic rings. The van der Waals surface area contributed by atoms with Crippen LogP contribution in [0.1, 0.15) is 47.0 Å². The molecule has 0 aromatic carbocycles. The lowest BCUT2D eigenvalue weighted by atomic mass is 9.61. The first-order valence-electron chi connectivity index (χ1n) is 7.16. The van der Waals surface area contributed by atoms with E-state index in [1.54, 1.807) is 6.92 Å². The molecule has 2 rings (SSSR count). The first kappa shape index (κ1) is 14.0. The molecule has 0 aliphatic heterocycles. The summed E-state index contributed by atoms with van der Waals surface area (Å²) in [4.78, 5) is 11.8. The highest BCUT2D eigenvalue weighted by Crippen LogP contribution is 2.54. The van der Waals surface area contributed by atoms with E-state index in [4.69, 9.17) is 0 Å². The largest absolute Gasteiger partial charge is 0.392 e. The van der Waals surface area contributed by atoms with Crippen LogP contribution >= 0.6 is 0 Å². The van der Waals surface area contributed by atoms with Crippen molar-refractivity contribution in [2.24, 2.45) is 29.6 Å². The molecule has 3 nitrogen and oxygen atoms in total. The van der Waals surface area contributed by atoms with Crippen LogP contribution in [0, 0.1) is 29.6 Å². The fraction of sp³-hybridized carbons (Fsp3) is 0.933. The van der Waals surface area contributed by atoms with Crippen LogP contribution in [0.3, 0.4) is 0 Å². The molecule has 0 aromatic heterocycles. The van der Waals surface area contributed by atoms with Gasteiger partial charge in [-0.1, -0.05) is 13.8 Å². The summed E-state index contributed by atoms with van der Waals surface area (Å²) >= 11 is 0. The van der Waals surface area contributed by atoms with Crippen LogP contribution in [-0.4, -0.2) is 27.7 Å². The van der Waals surface area contributed by atoms with Crippen molar-refractivity contribution < 1.29 is 15.0 Å². The van der Waals surface area contributed by atoms with Crippen molar-refractivity contribution in [3.63, 3.8) is 0 Å². The van der Waals surface area contributed by atoms with Crippen LogP contribution in [0.4, 0.5) is 0 Å². The van der Waals surface area contributed by atoms with Crippen LogP contribution in [0.15, 0.2) is 0 Å². The predicted molar refractivity (Wildman–Crippen MR) is 70.0 cm³/mol. The lowest BCUT2D eigenvalue weighted by Crippen LogP contribution is -2.47.